The first-order valence-corrected chi connectivity index (χ1v) is 4.07. The van der Waals surface area contributed by atoms with Gasteiger partial charge in [0.2, 0.25) is 0 Å². The van der Waals surface area contributed by atoms with E-state index in [0.29, 0.717) is 13.2 Å². The Kier molecular flexibility index (Phi) is 3.76. The average Bonchev–Trinajstić information content (AvgIpc) is 2.07. The molecule has 0 amide bonds. The Morgan fingerprint density at radius 2 is 1.64 bits per heavy atom. The molecule has 0 spiro atoms. The third-order valence-electron chi connectivity index (χ3n) is 2.12. The SMILES string of the molecule is NCN1CCN(CCF)CC1. The number of hydrogen-bond donors (Lipinski definition) is 1. The van der Waals surface area contributed by atoms with Crippen molar-refractivity contribution in [3.63, 3.8) is 0 Å². The Morgan fingerprint density at radius 1 is 1.09 bits per heavy atom. The van der Waals surface area contributed by atoms with Crippen LogP contribution in [0.4, 0.5) is 4.39 Å². The maximum absolute atomic E-state index is 11.9. The van der Waals surface area contributed by atoms with Crippen LogP contribution in [-0.2, 0) is 0 Å². The van der Waals surface area contributed by atoms with Crippen LogP contribution in [0, 0.1) is 0 Å². The van der Waals surface area contributed by atoms with Gasteiger partial charge in [-0.25, -0.2) is 4.39 Å². The highest BCUT2D eigenvalue weighted by Gasteiger charge is 2.14. The summed E-state index contributed by atoms with van der Waals surface area (Å²) in [5, 5.41) is 0. The number of alkyl halides is 1. The van der Waals surface area contributed by atoms with Crippen molar-refractivity contribution in [2.75, 3.05) is 46.1 Å². The van der Waals surface area contributed by atoms with Crippen LogP contribution in [0.2, 0.25) is 0 Å². The summed E-state index contributed by atoms with van der Waals surface area (Å²) in [6.45, 7) is 4.86. The van der Waals surface area contributed by atoms with Gasteiger partial charge in [-0.2, -0.15) is 0 Å². The molecule has 0 saturated carbocycles. The van der Waals surface area contributed by atoms with Gasteiger partial charge >= 0.3 is 0 Å². The van der Waals surface area contributed by atoms with E-state index in [-0.39, 0.29) is 6.67 Å². The molecule has 11 heavy (non-hydrogen) atoms. The van der Waals surface area contributed by atoms with Gasteiger partial charge in [-0.3, -0.25) is 9.80 Å². The van der Waals surface area contributed by atoms with Crippen molar-refractivity contribution in [3.05, 3.63) is 0 Å². The average molecular weight is 161 g/mol. The number of nitrogens with zero attached hydrogens (tertiary/aromatic N) is 2. The first kappa shape index (κ1) is 8.90. The minimum atomic E-state index is -0.234. The van der Waals surface area contributed by atoms with Crippen molar-refractivity contribution >= 4 is 0 Å². The Labute approximate surface area is 66.9 Å². The van der Waals surface area contributed by atoms with Gasteiger partial charge in [0, 0.05) is 39.4 Å². The van der Waals surface area contributed by atoms with Crippen LogP contribution in [0.15, 0.2) is 0 Å². The Morgan fingerprint density at radius 3 is 2.09 bits per heavy atom. The van der Waals surface area contributed by atoms with Crippen molar-refractivity contribution < 1.29 is 4.39 Å². The Bertz CT molecular complexity index is 102. The molecule has 0 aromatic heterocycles. The quantitative estimate of drug-likeness (QED) is 0.605. The van der Waals surface area contributed by atoms with Gasteiger partial charge in [-0.1, -0.05) is 0 Å². The van der Waals surface area contributed by atoms with Gasteiger partial charge in [-0.05, 0) is 0 Å². The highest BCUT2D eigenvalue weighted by molar-refractivity contribution is 4.69. The van der Waals surface area contributed by atoms with Gasteiger partial charge in [0.15, 0.2) is 0 Å². The molecule has 4 heteroatoms. The topological polar surface area (TPSA) is 32.5 Å². The molecule has 0 atom stereocenters. The monoisotopic (exact) mass is 161 g/mol. The van der Waals surface area contributed by atoms with Crippen molar-refractivity contribution in [3.8, 4) is 0 Å². The molecule has 0 aromatic carbocycles. The molecule has 1 fully saturated rings. The lowest BCUT2D eigenvalue weighted by Gasteiger charge is -2.33. The standard InChI is InChI=1S/C7H16FN3/c8-1-2-10-3-5-11(7-9)6-4-10/h1-7,9H2. The van der Waals surface area contributed by atoms with Crippen molar-refractivity contribution in [1.29, 1.82) is 0 Å². The fraction of sp³-hybridized carbons (Fsp3) is 1.00. The summed E-state index contributed by atoms with van der Waals surface area (Å²) in [5.74, 6) is 0. The summed E-state index contributed by atoms with van der Waals surface area (Å²) >= 11 is 0. The minimum Gasteiger partial charge on any atom is -0.318 e. The molecule has 1 heterocycles. The molecule has 0 unspecified atom stereocenters. The third kappa shape index (κ3) is 2.73. The van der Waals surface area contributed by atoms with Crippen molar-refractivity contribution in [1.82, 2.24) is 9.80 Å². The molecular formula is C7H16FN3. The van der Waals surface area contributed by atoms with Gasteiger partial charge in [0.05, 0.1) is 0 Å². The van der Waals surface area contributed by atoms with E-state index in [1.165, 1.54) is 0 Å². The number of hydrogen-bond acceptors (Lipinski definition) is 3. The maximum Gasteiger partial charge on any atom is 0.102 e. The van der Waals surface area contributed by atoms with Gasteiger partial charge in [0.25, 0.3) is 0 Å². The molecule has 1 rings (SSSR count). The zero-order chi connectivity index (χ0) is 8.10. The number of halogens is 1. The third-order valence-corrected chi connectivity index (χ3v) is 2.12. The molecular weight excluding hydrogens is 145 g/mol. The molecule has 2 N–H and O–H groups in total. The zero-order valence-electron chi connectivity index (χ0n) is 6.80. The summed E-state index contributed by atoms with van der Waals surface area (Å²) in [4.78, 5) is 4.31. The largest absolute Gasteiger partial charge is 0.318 e. The highest BCUT2D eigenvalue weighted by Crippen LogP contribution is 1.98. The number of nitrogens with two attached hydrogens (primary N) is 1. The van der Waals surface area contributed by atoms with E-state index in [2.05, 4.69) is 9.80 Å². The fourth-order valence-corrected chi connectivity index (χ4v) is 1.31. The maximum atomic E-state index is 11.9. The van der Waals surface area contributed by atoms with Crippen LogP contribution in [0.3, 0.4) is 0 Å². The summed E-state index contributed by atoms with van der Waals surface area (Å²) in [5.41, 5.74) is 5.46. The molecule has 0 aliphatic carbocycles. The predicted octanol–water partition coefficient (Wildman–Crippen LogP) is -0.510. The van der Waals surface area contributed by atoms with E-state index in [1.807, 2.05) is 0 Å². The molecule has 3 nitrogen and oxygen atoms in total. The van der Waals surface area contributed by atoms with Crippen LogP contribution >= 0.6 is 0 Å². The van der Waals surface area contributed by atoms with Crippen molar-refractivity contribution in [2.45, 2.75) is 0 Å². The van der Waals surface area contributed by atoms with Crippen LogP contribution < -0.4 is 5.73 Å². The second-order valence-electron chi connectivity index (χ2n) is 2.83. The van der Waals surface area contributed by atoms with Gasteiger partial charge in [0.1, 0.15) is 6.67 Å². The molecule has 1 aliphatic rings. The van der Waals surface area contributed by atoms with E-state index in [0.717, 1.165) is 26.2 Å². The molecule has 1 aliphatic heterocycles. The van der Waals surface area contributed by atoms with E-state index in [4.69, 9.17) is 5.73 Å². The van der Waals surface area contributed by atoms with Crippen LogP contribution in [0.1, 0.15) is 0 Å². The van der Waals surface area contributed by atoms with E-state index >= 15 is 0 Å². The fourth-order valence-electron chi connectivity index (χ4n) is 1.31. The lowest BCUT2D eigenvalue weighted by molar-refractivity contribution is 0.128. The lowest BCUT2D eigenvalue weighted by atomic mass is 10.3. The highest BCUT2D eigenvalue weighted by atomic mass is 19.1. The Balaban J connectivity index is 2.14. The normalized spacial score (nSPS) is 22.4. The molecule has 0 bridgehead atoms. The van der Waals surface area contributed by atoms with E-state index in [9.17, 15) is 4.39 Å². The zero-order valence-corrected chi connectivity index (χ0v) is 6.80. The number of rotatable bonds is 3. The van der Waals surface area contributed by atoms with Crippen LogP contribution in [0.5, 0.6) is 0 Å². The van der Waals surface area contributed by atoms with Crippen LogP contribution in [0.25, 0.3) is 0 Å². The first-order chi connectivity index (χ1) is 5.36. The van der Waals surface area contributed by atoms with Gasteiger partial charge < -0.3 is 5.73 Å². The molecule has 0 radical (unpaired) electrons. The van der Waals surface area contributed by atoms with Gasteiger partial charge in [-0.15, -0.1) is 0 Å². The van der Waals surface area contributed by atoms with E-state index < -0.39 is 0 Å². The summed E-state index contributed by atoms with van der Waals surface area (Å²) < 4.78 is 11.9. The summed E-state index contributed by atoms with van der Waals surface area (Å²) in [6.07, 6.45) is 0. The second-order valence-corrected chi connectivity index (χ2v) is 2.83. The number of piperazine rings is 1. The lowest BCUT2D eigenvalue weighted by Crippen LogP contribution is -2.48. The Hall–Kier alpha value is -0.190. The van der Waals surface area contributed by atoms with E-state index in [1.54, 1.807) is 0 Å². The molecule has 1 saturated heterocycles. The summed E-state index contributed by atoms with van der Waals surface area (Å²) in [6, 6.07) is 0. The minimum absolute atomic E-state index is 0.234. The predicted molar refractivity (Wildman–Crippen MR) is 43.0 cm³/mol. The molecule has 66 valence electrons. The van der Waals surface area contributed by atoms with Crippen molar-refractivity contribution in [2.24, 2.45) is 5.73 Å². The van der Waals surface area contributed by atoms with Crippen LogP contribution in [-0.4, -0.2) is 55.9 Å². The second kappa shape index (κ2) is 4.64. The molecule has 0 aromatic rings. The summed E-state index contributed by atoms with van der Waals surface area (Å²) in [7, 11) is 0. The smallest absolute Gasteiger partial charge is 0.102 e. The first-order valence-electron chi connectivity index (χ1n) is 4.07.